The van der Waals surface area contributed by atoms with E-state index in [0.717, 1.165) is 28.0 Å². The van der Waals surface area contributed by atoms with E-state index in [-0.39, 0.29) is 0 Å². The molecule has 2 rings (SSSR count). The summed E-state index contributed by atoms with van der Waals surface area (Å²) in [6.45, 7) is 2.93. The minimum absolute atomic E-state index is 0.586. The van der Waals surface area contributed by atoms with Crippen molar-refractivity contribution in [2.45, 2.75) is 26.0 Å². The van der Waals surface area contributed by atoms with Crippen LogP contribution in [0, 0.1) is 0 Å². The van der Waals surface area contributed by atoms with Crippen molar-refractivity contribution in [2.24, 2.45) is 0 Å². The van der Waals surface area contributed by atoms with Crippen LogP contribution in [0.15, 0.2) is 27.5 Å². The van der Waals surface area contributed by atoms with Gasteiger partial charge in [-0.15, -0.1) is 11.3 Å². The predicted molar refractivity (Wildman–Crippen MR) is 68.6 cm³/mol. The normalized spacial score (nSPS) is 12.9. The van der Waals surface area contributed by atoms with Crippen molar-refractivity contribution in [3.63, 3.8) is 0 Å². The summed E-state index contributed by atoms with van der Waals surface area (Å²) in [5.41, 5.74) is 1.77. The van der Waals surface area contributed by atoms with Gasteiger partial charge in [0.25, 0.3) is 0 Å². The van der Waals surface area contributed by atoms with Crippen molar-refractivity contribution >= 4 is 27.3 Å². The average molecular weight is 301 g/mol. The lowest BCUT2D eigenvalue weighted by atomic mass is 10.1. The van der Waals surface area contributed by atoms with Gasteiger partial charge in [0.1, 0.15) is 6.10 Å². The molecule has 0 saturated carbocycles. The second-order valence-electron chi connectivity index (χ2n) is 3.57. The van der Waals surface area contributed by atoms with Crippen LogP contribution in [0.5, 0.6) is 0 Å². The third kappa shape index (κ3) is 2.36. The molecule has 0 spiro atoms. The highest BCUT2D eigenvalue weighted by atomic mass is 79.9. The molecule has 2 heterocycles. The van der Waals surface area contributed by atoms with Crippen LogP contribution in [0.4, 0.5) is 0 Å². The monoisotopic (exact) mass is 300 g/mol. The molecular weight excluding hydrogens is 288 g/mol. The number of hydrogen-bond acceptors (Lipinski definition) is 3. The second kappa shape index (κ2) is 5.12. The van der Waals surface area contributed by atoms with Crippen molar-refractivity contribution < 1.29 is 5.11 Å². The quantitative estimate of drug-likeness (QED) is 0.941. The van der Waals surface area contributed by atoms with Gasteiger partial charge in [-0.3, -0.25) is 4.68 Å². The van der Waals surface area contributed by atoms with E-state index >= 15 is 0 Å². The molecule has 0 radical (unpaired) electrons. The molecule has 86 valence electrons. The van der Waals surface area contributed by atoms with Gasteiger partial charge in [0, 0.05) is 12.7 Å². The zero-order valence-corrected chi connectivity index (χ0v) is 11.3. The van der Waals surface area contributed by atoms with E-state index in [0.29, 0.717) is 0 Å². The second-order valence-corrected chi connectivity index (χ2v) is 5.86. The molecule has 0 aromatic carbocycles. The van der Waals surface area contributed by atoms with Gasteiger partial charge in [-0.1, -0.05) is 6.92 Å². The first kappa shape index (κ1) is 11.8. The van der Waals surface area contributed by atoms with E-state index in [9.17, 15) is 5.11 Å². The minimum Gasteiger partial charge on any atom is -0.382 e. The van der Waals surface area contributed by atoms with E-state index < -0.39 is 6.10 Å². The van der Waals surface area contributed by atoms with Crippen molar-refractivity contribution in [1.29, 1.82) is 0 Å². The van der Waals surface area contributed by atoms with Crippen LogP contribution >= 0.6 is 27.3 Å². The Morgan fingerprint density at radius 2 is 2.44 bits per heavy atom. The molecule has 1 N–H and O–H groups in total. The van der Waals surface area contributed by atoms with E-state index in [1.54, 1.807) is 17.5 Å². The molecule has 5 heteroatoms. The maximum absolute atomic E-state index is 10.2. The topological polar surface area (TPSA) is 38.0 Å². The van der Waals surface area contributed by atoms with Crippen LogP contribution in [0.25, 0.3) is 0 Å². The fourth-order valence-electron chi connectivity index (χ4n) is 1.61. The van der Waals surface area contributed by atoms with Crippen molar-refractivity contribution in [3.05, 3.63) is 38.8 Å². The van der Waals surface area contributed by atoms with Crippen LogP contribution in [0.1, 0.15) is 30.7 Å². The molecule has 0 aliphatic carbocycles. The Kier molecular flexibility index (Phi) is 3.78. The third-order valence-corrected chi connectivity index (χ3v) is 3.89. The zero-order chi connectivity index (χ0) is 11.5. The molecule has 1 unspecified atom stereocenters. The Labute approximate surface area is 107 Å². The highest BCUT2D eigenvalue weighted by molar-refractivity contribution is 9.11. The Morgan fingerprint density at radius 1 is 1.62 bits per heavy atom. The first-order valence-corrected chi connectivity index (χ1v) is 6.83. The molecule has 2 aromatic heterocycles. The summed E-state index contributed by atoms with van der Waals surface area (Å²) >= 11 is 4.97. The van der Waals surface area contributed by atoms with Gasteiger partial charge < -0.3 is 5.11 Å². The van der Waals surface area contributed by atoms with Crippen LogP contribution in [-0.4, -0.2) is 14.9 Å². The molecule has 3 nitrogen and oxygen atoms in total. The zero-order valence-electron chi connectivity index (χ0n) is 8.93. The van der Waals surface area contributed by atoms with Gasteiger partial charge in [-0.05, 0) is 45.4 Å². The lowest BCUT2D eigenvalue weighted by Gasteiger charge is -2.11. The summed E-state index contributed by atoms with van der Waals surface area (Å²) in [5.74, 6) is 0. The summed E-state index contributed by atoms with van der Waals surface area (Å²) in [7, 11) is 0. The predicted octanol–water partition coefficient (Wildman–Crippen LogP) is 3.20. The van der Waals surface area contributed by atoms with E-state index in [1.807, 2.05) is 22.2 Å². The molecule has 0 bridgehead atoms. The van der Waals surface area contributed by atoms with Crippen molar-refractivity contribution in [3.8, 4) is 0 Å². The summed E-state index contributed by atoms with van der Waals surface area (Å²) in [4.78, 5) is 0. The Morgan fingerprint density at radius 3 is 3.06 bits per heavy atom. The number of halogens is 1. The van der Waals surface area contributed by atoms with Gasteiger partial charge >= 0.3 is 0 Å². The lowest BCUT2D eigenvalue weighted by Crippen LogP contribution is -2.09. The van der Waals surface area contributed by atoms with Crippen LogP contribution < -0.4 is 0 Å². The molecular formula is C11H13BrN2OS. The molecule has 0 aliphatic rings. The maximum Gasteiger partial charge on any atom is 0.121 e. The number of aromatic nitrogens is 2. The highest BCUT2D eigenvalue weighted by Gasteiger charge is 2.16. The van der Waals surface area contributed by atoms with Crippen molar-refractivity contribution in [2.75, 3.05) is 0 Å². The van der Waals surface area contributed by atoms with Crippen LogP contribution in [0.2, 0.25) is 0 Å². The standard InChI is InChI=1S/C11H13BrN2OS/c1-2-5-14-9(3-4-13-14)11(15)8-6-10(12)16-7-8/h3-4,6-7,11,15H,2,5H2,1H3. The highest BCUT2D eigenvalue weighted by Crippen LogP contribution is 2.29. The van der Waals surface area contributed by atoms with E-state index in [2.05, 4.69) is 28.0 Å². The molecule has 0 amide bonds. The number of thiophene rings is 1. The van der Waals surface area contributed by atoms with Gasteiger partial charge in [-0.25, -0.2) is 0 Å². The fraction of sp³-hybridized carbons (Fsp3) is 0.364. The molecule has 2 aromatic rings. The van der Waals surface area contributed by atoms with Crippen LogP contribution in [0.3, 0.4) is 0 Å². The van der Waals surface area contributed by atoms with Crippen molar-refractivity contribution in [1.82, 2.24) is 9.78 Å². The van der Waals surface area contributed by atoms with Gasteiger partial charge in [0.2, 0.25) is 0 Å². The summed E-state index contributed by atoms with van der Waals surface area (Å²) in [5, 5.41) is 16.4. The minimum atomic E-state index is -0.586. The Bertz CT molecular complexity index is 466. The Hall–Kier alpha value is -0.650. The lowest BCUT2D eigenvalue weighted by molar-refractivity contribution is 0.208. The number of rotatable bonds is 4. The first-order chi connectivity index (χ1) is 7.72. The van der Waals surface area contributed by atoms with E-state index in [1.165, 1.54) is 0 Å². The largest absolute Gasteiger partial charge is 0.382 e. The van der Waals surface area contributed by atoms with Crippen LogP contribution in [-0.2, 0) is 6.54 Å². The number of aryl methyl sites for hydroxylation is 1. The average Bonchev–Trinajstić information content (AvgIpc) is 2.87. The molecule has 1 atom stereocenters. The first-order valence-electron chi connectivity index (χ1n) is 5.16. The number of aliphatic hydroxyl groups is 1. The molecule has 0 aliphatic heterocycles. The molecule has 0 saturated heterocycles. The maximum atomic E-state index is 10.2. The Balaban J connectivity index is 2.26. The van der Waals surface area contributed by atoms with Gasteiger partial charge in [0.15, 0.2) is 0 Å². The van der Waals surface area contributed by atoms with E-state index in [4.69, 9.17) is 0 Å². The molecule has 16 heavy (non-hydrogen) atoms. The number of nitrogens with zero attached hydrogens (tertiary/aromatic N) is 2. The smallest absolute Gasteiger partial charge is 0.121 e. The number of hydrogen-bond donors (Lipinski definition) is 1. The third-order valence-electron chi connectivity index (χ3n) is 2.37. The van der Waals surface area contributed by atoms with Gasteiger partial charge in [-0.2, -0.15) is 5.10 Å². The number of aliphatic hydroxyl groups excluding tert-OH is 1. The summed E-state index contributed by atoms with van der Waals surface area (Å²) in [6.07, 6.45) is 2.15. The molecule has 0 fully saturated rings. The fourth-order valence-corrected chi connectivity index (χ4v) is 2.81. The van der Waals surface area contributed by atoms with Gasteiger partial charge in [0.05, 0.1) is 9.48 Å². The summed E-state index contributed by atoms with van der Waals surface area (Å²) < 4.78 is 2.89. The SMILES string of the molecule is CCCn1nccc1C(O)c1csc(Br)c1. The summed E-state index contributed by atoms with van der Waals surface area (Å²) in [6, 6.07) is 3.81.